The van der Waals surface area contributed by atoms with Crippen molar-refractivity contribution < 1.29 is 0 Å². The largest absolute Gasteiger partial charge is 0.299 e. The van der Waals surface area contributed by atoms with Crippen LogP contribution < -0.4 is 5.32 Å². The van der Waals surface area contributed by atoms with Gasteiger partial charge in [0.15, 0.2) is 0 Å². The molecule has 0 bridgehead atoms. The number of hydrogen-bond donors (Lipinski definition) is 1. The Balaban J connectivity index is 2.57. The van der Waals surface area contributed by atoms with E-state index in [1.165, 1.54) is 5.75 Å². The van der Waals surface area contributed by atoms with Crippen molar-refractivity contribution in [3.05, 3.63) is 0 Å². The second kappa shape index (κ2) is 3.47. The van der Waals surface area contributed by atoms with Gasteiger partial charge in [-0.3, -0.25) is 5.32 Å². The Bertz CT molecular complexity index is 181. The van der Waals surface area contributed by atoms with Crippen LogP contribution in [0.15, 0.2) is 0 Å². The molecule has 0 aromatic rings. The highest BCUT2D eigenvalue weighted by atomic mass is 32.2. The topological polar surface area (TPSA) is 12.0 Å². The van der Waals surface area contributed by atoms with Crippen LogP contribution in [0.1, 0.15) is 41.5 Å². The molecule has 1 aliphatic heterocycles. The van der Waals surface area contributed by atoms with E-state index in [1.807, 2.05) is 0 Å². The number of hydrogen-bond acceptors (Lipinski definition) is 2. The van der Waals surface area contributed by atoms with E-state index < -0.39 is 0 Å². The Morgan fingerprint density at radius 3 is 2.23 bits per heavy atom. The van der Waals surface area contributed by atoms with Crippen molar-refractivity contribution in [3.8, 4) is 0 Å². The van der Waals surface area contributed by atoms with Gasteiger partial charge in [0.05, 0.1) is 5.37 Å². The molecule has 13 heavy (non-hydrogen) atoms. The minimum atomic E-state index is 0.328. The molecular weight excluding hydrogens is 178 g/mol. The minimum Gasteiger partial charge on any atom is -0.299 e. The smallest absolute Gasteiger partial charge is 0.0568 e. The maximum Gasteiger partial charge on any atom is 0.0568 e. The van der Waals surface area contributed by atoms with Gasteiger partial charge >= 0.3 is 0 Å². The van der Waals surface area contributed by atoms with Crippen molar-refractivity contribution in [2.75, 3.05) is 5.75 Å². The summed E-state index contributed by atoms with van der Waals surface area (Å²) < 4.78 is 0. The van der Waals surface area contributed by atoms with E-state index >= 15 is 0 Å². The van der Waals surface area contributed by atoms with Gasteiger partial charge in [0.1, 0.15) is 0 Å². The quantitative estimate of drug-likeness (QED) is 0.699. The second-order valence-corrected chi connectivity index (χ2v) is 7.04. The van der Waals surface area contributed by atoms with E-state index in [9.17, 15) is 0 Å². The molecule has 1 fully saturated rings. The van der Waals surface area contributed by atoms with E-state index in [-0.39, 0.29) is 0 Å². The Morgan fingerprint density at radius 1 is 1.38 bits per heavy atom. The van der Waals surface area contributed by atoms with Gasteiger partial charge in [-0.1, -0.05) is 27.7 Å². The van der Waals surface area contributed by atoms with Crippen molar-refractivity contribution in [3.63, 3.8) is 0 Å². The highest BCUT2D eigenvalue weighted by Gasteiger charge is 2.37. The Labute approximate surface area is 87.1 Å². The molecule has 1 heterocycles. The van der Waals surface area contributed by atoms with Gasteiger partial charge in [0.2, 0.25) is 0 Å². The zero-order chi connectivity index (χ0) is 10.3. The Hall–Kier alpha value is 0.310. The third-order valence-corrected chi connectivity index (χ3v) is 4.75. The maximum atomic E-state index is 3.70. The molecule has 0 aromatic carbocycles. The molecule has 2 unspecified atom stereocenters. The SMILES string of the molecule is CC(C1NC(C)(C)CS1)C(C)(C)C. The van der Waals surface area contributed by atoms with Crippen LogP contribution in [-0.2, 0) is 0 Å². The fourth-order valence-electron chi connectivity index (χ4n) is 1.49. The van der Waals surface area contributed by atoms with Gasteiger partial charge in [-0.2, -0.15) is 0 Å². The van der Waals surface area contributed by atoms with Gasteiger partial charge in [0.25, 0.3) is 0 Å². The molecule has 0 aliphatic carbocycles. The molecule has 0 aromatic heterocycles. The van der Waals surface area contributed by atoms with Crippen LogP contribution in [0.2, 0.25) is 0 Å². The summed E-state index contributed by atoms with van der Waals surface area (Å²) in [5.74, 6) is 1.96. The summed E-state index contributed by atoms with van der Waals surface area (Å²) in [5, 5.41) is 4.33. The summed E-state index contributed by atoms with van der Waals surface area (Å²) in [7, 11) is 0. The summed E-state index contributed by atoms with van der Waals surface area (Å²) >= 11 is 2.07. The van der Waals surface area contributed by atoms with Crippen LogP contribution in [0.4, 0.5) is 0 Å². The minimum absolute atomic E-state index is 0.328. The van der Waals surface area contributed by atoms with E-state index in [0.717, 1.165) is 5.92 Å². The molecule has 78 valence electrons. The highest BCUT2D eigenvalue weighted by molar-refractivity contribution is 8.00. The molecule has 0 saturated carbocycles. The second-order valence-electron chi connectivity index (χ2n) is 5.91. The van der Waals surface area contributed by atoms with Gasteiger partial charge < -0.3 is 0 Å². The van der Waals surface area contributed by atoms with Gasteiger partial charge in [-0.15, -0.1) is 11.8 Å². The number of thioether (sulfide) groups is 1. The first-order chi connectivity index (χ1) is 5.72. The molecule has 1 saturated heterocycles. The van der Waals surface area contributed by atoms with E-state index in [2.05, 4.69) is 58.6 Å². The summed E-state index contributed by atoms with van der Waals surface area (Å²) in [5.41, 5.74) is 0.736. The van der Waals surface area contributed by atoms with Crippen LogP contribution in [0, 0.1) is 11.3 Å². The van der Waals surface area contributed by atoms with Crippen molar-refractivity contribution in [1.82, 2.24) is 5.32 Å². The van der Waals surface area contributed by atoms with Gasteiger partial charge in [-0.05, 0) is 25.2 Å². The van der Waals surface area contributed by atoms with Crippen LogP contribution in [0.25, 0.3) is 0 Å². The van der Waals surface area contributed by atoms with Crippen molar-refractivity contribution in [1.29, 1.82) is 0 Å². The predicted molar refractivity (Wildman–Crippen MR) is 62.1 cm³/mol. The van der Waals surface area contributed by atoms with E-state index in [0.29, 0.717) is 16.3 Å². The molecule has 2 heteroatoms. The monoisotopic (exact) mass is 201 g/mol. The number of nitrogens with one attached hydrogen (secondary N) is 1. The Morgan fingerprint density at radius 2 is 1.92 bits per heavy atom. The van der Waals surface area contributed by atoms with Crippen LogP contribution in [-0.4, -0.2) is 16.7 Å². The van der Waals surface area contributed by atoms with Crippen molar-refractivity contribution in [2.45, 2.75) is 52.5 Å². The third kappa shape index (κ3) is 2.88. The molecular formula is C11H23NS. The lowest BCUT2D eigenvalue weighted by molar-refractivity contribution is 0.227. The van der Waals surface area contributed by atoms with Crippen molar-refractivity contribution >= 4 is 11.8 Å². The summed E-state index contributed by atoms with van der Waals surface area (Å²) in [6.45, 7) is 13.9. The van der Waals surface area contributed by atoms with Crippen LogP contribution in [0.5, 0.6) is 0 Å². The highest BCUT2D eigenvalue weighted by Crippen LogP contribution is 2.38. The zero-order valence-corrected chi connectivity index (χ0v) is 10.6. The average Bonchev–Trinajstić information content (AvgIpc) is 2.26. The molecule has 0 amide bonds. The lowest BCUT2D eigenvalue weighted by Crippen LogP contribution is -2.43. The summed E-state index contributed by atoms with van der Waals surface area (Å²) in [6.07, 6.45) is 0. The molecule has 1 N–H and O–H groups in total. The third-order valence-electron chi connectivity index (χ3n) is 2.98. The maximum absolute atomic E-state index is 3.70. The molecule has 2 atom stereocenters. The van der Waals surface area contributed by atoms with Gasteiger partial charge in [-0.25, -0.2) is 0 Å². The Kier molecular flexibility index (Phi) is 3.04. The average molecular weight is 201 g/mol. The summed E-state index contributed by atoms with van der Waals surface area (Å²) in [4.78, 5) is 0. The van der Waals surface area contributed by atoms with Crippen LogP contribution >= 0.6 is 11.8 Å². The molecule has 0 spiro atoms. The fraction of sp³-hybridized carbons (Fsp3) is 1.00. The molecule has 1 aliphatic rings. The first-order valence-electron chi connectivity index (χ1n) is 5.12. The fourth-order valence-corrected chi connectivity index (χ4v) is 3.27. The zero-order valence-electron chi connectivity index (χ0n) is 9.77. The standard InChI is InChI=1S/C11H23NS/c1-8(10(2,3)4)9-12-11(5,6)7-13-9/h8-9,12H,7H2,1-6H3. The molecule has 1 rings (SSSR count). The van der Waals surface area contributed by atoms with Gasteiger partial charge in [0, 0.05) is 11.3 Å². The van der Waals surface area contributed by atoms with E-state index in [4.69, 9.17) is 0 Å². The molecule has 0 radical (unpaired) electrons. The normalized spacial score (nSPS) is 30.5. The predicted octanol–water partition coefficient (Wildman–Crippen LogP) is 3.11. The number of rotatable bonds is 1. The molecule has 1 nitrogen and oxygen atoms in total. The lowest BCUT2D eigenvalue weighted by atomic mass is 9.81. The first kappa shape index (κ1) is 11.4. The summed E-state index contributed by atoms with van der Waals surface area (Å²) in [6, 6.07) is 0. The van der Waals surface area contributed by atoms with Crippen LogP contribution in [0.3, 0.4) is 0 Å². The first-order valence-corrected chi connectivity index (χ1v) is 6.16. The van der Waals surface area contributed by atoms with E-state index in [1.54, 1.807) is 0 Å². The van der Waals surface area contributed by atoms with Crippen molar-refractivity contribution in [2.24, 2.45) is 11.3 Å². The lowest BCUT2D eigenvalue weighted by Gasteiger charge is -2.33.